The lowest BCUT2D eigenvalue weighted by molar-refractivity contribution is -0.385. The van der Waals surface area contributed by atoms with Crippen molar-refractivity contribution in [1.82, 2.24) is 4.98 Å². The fourth-order valence-corrected chi connectivity index (χ4v) is 5.76. The van der Waals surface area contributed by atoms with Crippen LogP contribution in [-0.2, 0) is 23.7 Å². The molecule has 2 aliphatic rings. The minimum atomic E-state index is -1.00. The van der Waals surface area contributed by atoms with E-state index in [-0.39, 0.29) is 40.9 Å². The third-order valence-electron chi connectivity index (χ3n) is 7.49. The van der Waals surface area contributed by atoms with Gasteiger partial charge in [-0.25, -0.2) is 9.18 Å². The Kier molecular flexibility index (Phi) is 9.89. The number of esters is 1. The zero-order chi connectivity index (χ0) is 34.1. The minimum Gasteiger partial charge on any atom is -0.490 e. The van der Waals surface area contributed by atoms with Crippen LogP contribution in [0.15, 0.2) is 48.7 Å². The summed E-state index contributed by atoms with van der Waals surface area (Å²) in [4.78, 5) is 26.8. The highest BCUT2D eigenvalue weighted by atomic mass is 35.5. The molecule has 4 atom stereocenters. The highest BCUT2D eigenvalue weighted by Gasteiger charge is 2.54. The van der Waals surface area contributed by atoms with Crippen molar-refractivity contribution in [3.8, 4) is 22.8 Å². The van der Waals surface area contributed by atoms with Crippen LogP contribution in [0.1, 0.15) is 38.1 Å². The molecule has 0 amide bonds. The Bertz CT molecular complexity index is 1640. The molecule has 15 heteroatoms. The molecule has 0 radical (unpaired) electrons. The second kappa shape index (κ2) is 13.6. The van der Waals surface area contributed by atoms with Crippen LogP contribution in [-0.4, -0.2) is 79.2 Å². The molecule has 2 fully saturated rings. The molecule has 1 aromatic heterocycles. The van der Waals surface area contributed by atoms with Gasteiger partial charge in [-0.15, -0.1) is 0 Å². The van der Waals surface area contributed by atoms with Crippen LogP contribution in [0.5, 0.6) is 11.5 Å². The summed E-state index contributed by atoms with van der Waals surface area (Å²) in [6, 6.07) is 10.1. The third kappa shape index (κ3) is 7.91. The average Bonchev–Trinajstić information content (AvgIpc) is 3.51. The van der Waals surface area contributed by atoms with E-state index in [9.17, 15) is 19.3 Å². The Morgan fingerprint density at radius 2 is 1.68 bits per heavy atom. The minimum absolute atomic E-state index is 0.00946. The van der Waals surface area contributed by atoms with Crippen molar-refractivity contribution >= 4 is 28.9 Å². The molecular weight excluding hydrogens is 641 g/mol. The van der Waals surface area contributed by atoms with Crippen LogP contribution in [0.25, 0.3) is 11.3 Å². The van der Waals surface area contributed by atoms with Gasteiger partial charge in [0.25, 0.3) is 0 Å². The van der Waals surface area contributed by atoms with Gasteiger partial charge in [-0.2, -0.15) is 0 Å². The smallest absolute Gasteiger partial charge is 0.339 e. The van der Waals surface area contributed by atoms with Crippen LogP contribution < -0.4 is 14.8 Å². The number of hydrogen-bond donors (Lipinski definition) is 1. The van der Waals surface area contributed by atoms with E-state index in [1.807, 2.05) is 0 Å². The number of carbonyl (C=O) groups is 1. The Balaban J connectivity index is 1.32. The van der Waals surface area contributed by atoms with Crippen molar-refractivity contribution < 1.29 is 47.3 Å². The second-order valence-corrected chi connectivity index (χ2v) is 12.2. The van der Waals surface area contributed by atoms with Crippen molar-refractivity contribution in [1.29, 1.82) is 0 Å². The number of nitro benzene ring substituents is 1. The van der Waals surface area contributed by atoms with Gasteiger partial charge in [0.15, 0.2) is 11.6 Å². The molecule has 252 valence electrons. The first-order valence-corrected chi connectivity index (χ1v) is 15.0. The van der Waals surface area contributed by atoms with Gasteiger partial charge in [0.2, 0.25) is 5.75 Å². The number of hydrogen-bond acceptors (Lipinski definition) is 12. The number of pyridine rings is 1. The van der Waals surface area contributed by atoms with Crippen LogP contribution >= 0.6 is 11.6 Å². The van der Waals surface area contributed by atoms with E-state index in [2.05, 4.69) is 10.3 Å². The molecule has 3 aromatic rings. The summed E-state index contributed by atoms with van der Waals surface area (Å²) in [6.07, 6.45) is -1.17. The maximum Gasteiger partial charge on any atom is 0.339 e. The van der Waals surface area contributed by atoms with Gasteiger partial charge in [0, 0.05) is 36.1 Å². The molecule has 0 saturated carbocycles. The van der Waals surface area contributed by atoms with Crippen LogP contribution in [0, 0.1) is 15.9 Å². The van der Waals surface area contributed by atoms with Crippen molar-refractivity contribution in [2.75, 3.05) is 32.7 Å². The van der Waals surface area contributed by atoms with Gasteiger partial charge in [-0.3, -0.25) is 15.1 Å². The topological polar surface area (TPSA) is 150 Å². The van der Waals surface area contributed by atoms with Gasteiger partial charge in [0.05, 0.1) is 35.4 Å². The highest BCUT2D eigenvalue weighted by molar-refractivity contribution is 6.32. The highest BCUT2D eigenvalue weighted by Crippen LogP contribution is 2.41. The lowest BCUT2D eigenvalue weighted by Gasteiger charge is -2.26. The van der Waals surface area contributed by atoms with Gasteiger partial charge >= 0.3 is 11.7 Å². The number of carbonyl (C=O) groups excluding carboxylic acids is 1. The Morgan fingerprint density at radius 3 is 2.30 bits per heavy atom. The van der Waals surface area contributed by atoms with E-state index in [0.717, 1.165) is 6.07 Å². The molecule has 3 heterocycles. The molecule has 2 aromatic carbocycles. The van der Waals surface area contributed by atoms with Crippen molar-refractivity contribution in [3.63, 3.8) is 0 Å². The number of nitrogens with zero attached hydrogens (tertiary/aromatic N) is 2. The monoisotopic (exact) mass is 675 g/mol. The lowest BCUT2D eigenvalue weighted by Crippen LogP contribution is -2.46. The predicted octanol–water partition coefficient (Wildman–Crippen LogP) is 5.78. The number of nitro groups is 1. The lowest BCUT2D eigenvalue weighted by atomic mass is 10.0. The van der Waals surface area contributed by atoms with Crippen molar-refractivity contribution in [3.05, 3.63) is 75.2 Å². The first kappa shape index (κ1) is 34.3. The average molecular weight is 676 g/mol. The number of ether oxygens (including phenoxy) is 7. The van der Waals surface area contributed by atoms with Gasteiger partial charge in [-0.05, 0) is 58.0 Å². The molecular formula is C32H35ClFN3O10. The van der Waals surface area contributed by atoms with Gasteiger partial charge in [0.1, 0.15) is 42.6 Å². The van der Waals surface area contributed by atoms with Crippen LogP contribution in [0.3, 0.4) is 0 Å². The zero-order valence-electron chi connectivity index (χ0n) is 26.6. The van der Waals surface area contributed by atoms with Crippen molar-refractivity contribution in [2.24, 2.45) is 0 Å². The molecule has 47 heavy (non-hydrogen) atoms. The summed E-state index contributed by atoms with van der Waals surface area (Å²) in [5, 5.41) is 14.6. The van der Waals surface area contributed by atoms with Gasteiger partial charge in [-0.1, -0.05) is 11.6 Å². The fraction of sp³-hybridized carbons (Fsp3) is 0.438. The molecule has 5 rings (SSSR count). The van der Waals surface area contributed by atoms with E-state index in [1.54, 1.807) is 45.9 Å². The molecule has 13 nitrogen and oxygen atoms in total. The summed E-state index contributed by atoms with van der Waals surface area (Å²) in [7, 11) is 2.59. The fourth-order valence-electron chi connectivity index (χ4n) is 5.54. The molecule has 0 spiro atoms. The van der Waals surface area contributed by atoms with E-state index in [1.165, 1.54) is 38.6 Å². The van der Waals surface area contributed by atoms with Crippen LogP contribution in [0.2, 0.25) is 5.02 Å². The number of methoxy groups -OCH3 is 2. The zero-order valence-corrected chi connectivity index (χ0v) is 27.3. The van der Waals surface area contributed by atoms with Crippen molar-refractivity contribution in [2.45, 2.75) is 63.7 Å². The number of benzene rings is 2. The maximum absolute atomic E-state index is 14.7. The Morgan fingerprint density at radius 1 is 1.00 bits per heavy atom. The van der Waals surface area contributed by atoms with E-state index in [4.69, 9.17) is 44.8 Å². The van der Waals surface area contributed by atoms with Gasteiger partial charge < -0.3 is 38.5 Å². The molecule has 0 aliphatic carbocycles. The number of anilines is 1. The standard InChI is InChI=1S/C32H35ClFN3O10/c1-31(2)44-26(15-35-20-10-18(9-19(34)11-20)22-8-7-17(14-36-22)30(38)42-6)28(46-31)29-27(45-32(3,4)47-29)16-43-24-13-25(41-5)23(37(39)40)12-21(24)33/h7-14,26-29,35H,15-16H2,1-6H3/t26-,27-,28+,29+/m1/s1. The molecule has 2 aliphatic heterocycles. The number of rotatable bonds is 11. The van der Waals surface area contributed by atoms with Crippen LogP contribution in [0.4, 0.5) is 15.8 Å². The molecule has 0 unspecified atom stereocenters. The van der Waals surface area contributed by atoms with E-state index in [0.29, 0.717) is 16.9 Å². The number of aromatic nitrogens is 1. The number of halogens is 2. The SMILES string of the molecule is COC(=O)c1ccc(-c2cc(F)cc(NC[C@H]3OC(C)(C)O[C@@H]3[C@H]3OC(C)(C)O[C@@H]3COc3cc(OC)c([N+](=O)[O-])cc3Cl)c2)nc1. The quantitative estimate of drug-likeness (QED) is 0.149. The van der Waals surface area contributed by atoms with E-state index >= 15 is 0 Å². The summed E-state index contributed by atoms with van der Waals surface area (Å²) >= 11 is 6.29. The molecule has 0 bridgehead atoms. The Hall–Kier alpha value is -4.08. The first-order valence-electron chi connectivity index (χ1n) is 14.6. The van der Waals surface area contributed by atoms with E-state index < -0.39 is 52.7 Å². The summed E-state index contributed by atoms with van der Waals surface area (Å²) in [5.41, 5.74) is 1.41. The maximum atomic E-state index is 14.7. The summed E-state index contributed by atoms with van der Waals surface area (Å²) in [5.74, 6) is -2.84. The summed E-state index contributed by atoms with van der Waals surface area (Å²) in [6.45, 7) is 7.25. The predicted molar refractivity (Wildman–Crippen MR) is 167 cm³/mol. The molecule has 2 saturated heterocycles. The second-order valence-electron chi connectivity index (χ2n) is 11.8. The molecule has 1 N–H and O–H groups in total. The summed E-state index contributed by atoms with van der Waals surface area (Å²) < 4.78 is 55.5. The Labute approximate surface area is 275 Å². The normalized spacial score (nSPS) is 22.9. The number of nitrogens with one attached hydrogen (secondary N) is 1. The third-order valence-corrected chi connectivity index (χ3v) is 7.78. The largest absolute Gasteiger partial charge is 0.490 e. The first-order chi connectivity index (χ1) is 22.2.